The van der Waals surface area contributed by atoms with Crippen LogP contribution in [0.15, 0.2) is 24.4 Å². The first-order valence-electron chi connectivity index (χ1n) is 2.83. The molecule has 0 aliphatic carbocycles. The van der Waals surface area contributed by atoms with Crippen molar-refractivity contribution in [2.24, 2.45) is 0 Å². The van der Waals surface area contributed by atoms with E-state index in [-0.39, 0.29) is 5.91 Å². The third kappa shape index (κ3) is 1.02. The molecule has 0 unspecified atom stereocenters. The van der Waals surface area contributed by atoms with E-state index in [1.807, 2.05) is 0 Å². The smallest absolute Gasteiger partial charge is 0.230 e. The lowest BCUT2D eigenvalue weighted by molar-refractivity contribution is -0.125. The first-order chi connectivity index (χ1) is 4.24. The average molecular weight is 123 g/mol. The van der Waals surface area contributed by atoms with Gasteiger partial charge in [-0.3, -0.25) is 4.79 Å². The zero-order chi connectivity index (χ0) is 6.85. The molecule has 1 aliphatic heterocycles. The molecule has 1 heterocycles. The molecule has 2 heteroatoms. The fraction of sp³-hybridized carbons (Fsp3) is 0.286. The molecule has 0 saturated carbocycles. The summed E-state index contributed by atoms with van der Waals surface area (Å²) in [6, 6.07) is 0. The van der Waals surface area contributed by atoms with Crippen molar-refractivity contribution in [2.45, 2.75) is 6.42 Å². The fourth-order valence-corrected chi connectivity index (χ4v) is 0.791. The highest BCUT2D eigenvalue weighted by Gasteiger charge is 2.14. The number of carbonyl (C=O) groups excluding carboxylic acids is 1. The van der Waals surface area contributed by atoms with Crippen LogP contribution >= 0.6 is 0 Å². The van der Waals surface area contributed by atoms with Crippen molar-refractivity contribution < 1.29 is 4.79 Å². The molecule has 0 N–H and O–H groups in total. The molecule has 0 spiro atoms. The van der Waals surface area contributed by atoms with Gasteiger partial charge in [-0.05, 0) is 5.57 Å². The van der Waals surface area contributed by atoms with Crippen LogP contribution in [0.1, 0.15) is 6.42 Å². The summed E-state index contributed by atoms with van der Waals surface area (Å²) in [4.78, 5) is 12.3. The second kappa shape index (κ2) is 2.05. The molecule has 0 aromatic heterocycles. The molecular weight excluding hydrogens is 114 g/mol. The van der Waals surface area contributed by atoms with Gasteiger partial charge in [-0.2, -0.15) is 0 Å². The Morgan fingerprint density at radius 2 is 2.56 bits per heavy atom. The van der Waals surface area contributed by atoms with Crippen molar-refractivity contribution >= 4 is 5.91 Å². The summed E-state index contributed by atoms with van der Waals surface area (Å²) in [5, 5.41) is 0. The Morgan fingerprint density at radius 3 is 2.78 bits per heavy atom. The van der Waals surface area contributed by atoms with Crippen molar-refractivity contribution in [3.05, 3.63) is 24.4 Å². The van der Waals surface area contributed by atoms with Gasteiger partial charge in [0.15, 0.2) is 0 Å². The lowest BCUT2D eigenvalue weighted by Gasteiger charge is -2.00. The van der Waals surface area contributed by atoms with Crippen LogP contribution in [-0.2, 0) is 4.79 Å². The third-order valence-electron chi connectivity index (χ3n) is 1.37. The van der Waals surface area contributed by atoms with Crippen LogP contribution in [-0.4, -0.2) is 17.9 Å². The Morgan fingerprint density at radius 1 is 1.89 bits per heavy atom. The van der Waals surface area contributed by atoms with Crippen molar-refractivity contribution in [1.82, 2.24) is 4.90 Å². The molecule has 0 bridgehead atoms. The SMILES string of the molecule is C=CC1=CN(C)C(=O)C1. The van der Waals surface area contributed by atoms with E-state index < -0.39 is 0 Å². The van der Waals surface area contributed by atoms with E-state index in [0.29, 0.717) is 6.42 Å². The number of carbonyl (C=O) groups is 1. The van der Waals surface area contributed by atoms with Crippen LogP contribution in [0.4, 0.5) is 0 Å². The number of nitrogens with zero attached hydrogens (tertiary/aromatic N) is 1. The molecule has 1 amide bonds. The highest BCUT2D eigenvalue weighted by molar-refractivity contribution is 5.83. The van der Waals surface area contributed by atoms with E-state index in [0.717, 1.165) is 5.57 Å². The minimum Gasteiger partial charge on any atom is -0.322 e. The predicted octanol–water partition coefficient (Wildman–Crippen LogP) is 0.918. The van der Waals surface area contributed by atoms with Crippen molar-refractivity contribution in [3.63, 3.8) is 0 Å². The summed E-state index contributed by atoms with van der Waals surface area (Å²) in [7, 11) is 1.75. The van der Waals surface area contributed by atoms with Crippen LogP contribution in [0, 0.1) is 0 Å². The molecule has 0 fully saturated rings. The normalized spacial score (nSPS) is 18.1. The van der Waals surface area contributed by atoms with E-state index >= 15 is 0 Å². The lowest BCUT2D eigenvalue weighted by atomic mass is 10.2. The lowest BCUT2D eigenvalue weighted by Crippen LogP contribution is -2.13. The topological polar surface area (TPSA) is 20.3 Å². The zero-order valence-corrected chi connectivity index (χ0v) is 5.42. The standard InChI is InChI=1S/C7H9NO/c1-3-6-4-7(9)8(2)5-6/h3,5H,1,4H2,2H3. The van der Waals surface area contributed by atoms with Gasteiger partial charge in [0.1, 0.15) is 0 Å². The van der Waals surface area contributed by atoms with Crippen LogP contribution in [0.3, 0.4) is 0 Å². The molecule has 0 saturated heterocycles. The summed E-state index contributed by atoms with van der Waals surface area (Å²) in [5.74, 6) is 0.143. The van der Waals surface area contributed by atoms with Crippen molar-refractivity contribution in [2.75, 3.05) is 7.05 Å². The number of allylic oxidation sites excluding steroid dienone is 1. The molecule has 48 valence electrons. The molecule has 1 rings (SSSR count). The fourth-order valence-electron chi connectivity index (χ4n) is 0.791. The van der Waals surface area contributed by atoms with Gasteiger partial charge in [0, 0.05) is 13.2 Å². The first-order valence-corrected chi connectivity index (χ1v) is 2.83. The summed E-state index contributed by atoms with van der Waals surface area (Å²) in [6.45, 7) is 3.56. The van der Waals surface area contributed by atoms with Gasteiger partial charge >= 0.3 is 0 Å². The molecule has 0 aromatic rings. The quantitative estimate of drug-likeness (QED) is 0.507. The van der Waals surface area contributed by atoms with Crippen LogP contribution in [0.5, 0.6) is 0 Å². The molecule has 9 heavy (non-hydrogen) atoms. The van der Waals surface area contributed by atoms with Gasteiger partial charge in [0.25, 0.3) is 0 Å². The zero-order valence-electron chi connectivity index (χ0n) is 5.42. The maximum atomic E-state index is 10.8. The van der Waals surface area contributed by atoms with E-state index in [2.05, 4.69) is 6.58 Å². The summed E-state index contributed by atoms with van der Waals surface area (Å²) in [6.07, 6.45) is 4.02. The molecular formula is C7H9NO. The van der Waals surface area contributed by atoms with E-state index in [9.17, 15) is 4.79 Å². The first kappa shape index (κ1) is 6.08. The van der Waals surface area contributed by atoms with Crippen LogP contribution < -0.4 is 0 Å². The average Bonchev–Trinajstić information content (AvgIpc) is 2.13. The Labute approximate surface area is 54.5 Å². The van der Waals surface area contributed by atoms with Gasteiger partial charge in [-0.1, -0.05) is 12.7 Å². The number of hydrogen-bond donors (Lipinski definition) is 0. The highest BCUT2D eigenvalue weighted by atomic mass is 16.2. The third-order valence-corrected chi connectivity index (χ3v) is 1.37. The van der Waals surface area contributed by atoms with Crippen molar-refractivity contribution in [3.8, 4) is 0 Å². The second-order valence-corrected chi connectivity index (χ2v) is 2.09. The number of hydrogen-bond acceptors (Lipinski definition) is 1. The van der Waals surface area contributed by atoms with Gasteiger partial charge in [0.05, 0.1) is 6.42 Å². The van der Waals surface area contributed by atoms with E-state index in [1.165, 1.54) is 0 Å². The molecule has 0 radical (unpaired) electrons. The Bertz CT molecular complexity index is 181. The van der Waals surface area contributed by atoms with Gasteiger partial charge in [-0.25, -0.2) is 0 Å². The van der Waals surface area contributed by atoms with Crippen LogP contribution in [0.25, 0.3) is 0 Å². The van der Waals surface area contributed by atoms with Gasteiger partial charge < -0.3 is 4.90 Å². The Kier molecular flexibility index (Phi) is 1.39. The van der Waals surface area contributed by atoms with Crippen molar-refractivity contribution in [1.29, 1.82) is 0 Å². The minimum absolute atomic E-state index is 0.143. The number of rotatable bonds is 1. The van der Waals surface area contributed by atoms with Crippen LogP contribution in [0.2, 0.25) is 0 Å². The monoisotopic (exact) mass is 123 g/mol. The van der Waals surface area contributed by atoms with E-state index in [4.69, 9.17) is 0 Å². The highest BCUT2D eigenvalue weighted by Crippen LogP contribution is 2.13. The summed E-state index contributed by atoms with van der Waals surface area (Å²) < 4.78 is 0. The largest absolute Gasteiger partial charge is 0.322 e. The minimum atomic E-state index is 0.143. The summed E-state index contributed by atoms with van der Waals surface area (Å²) in [5.41, 5.74) is 1.00. The molecule has 0 atom stereocenters. The number of amides is 1. The van der Waals surface area contributed by atoms with Gasteiger partial charge in [0.2, 0.25) is 5.91 Å². The molecule has 1 aliphatic rings. The molecule has 0 aromatic carbocycles. The Hall–Kier alpha value is -1.05. The van der Waals surface area contributed by atoms with E-state index in [1.54, 1.807) is 24.2 Å². The molecule has 2 nitrogen and oxygen atoms in total. The van der Waals surface area contributed by atoms with Gasteiger partial charge in [-0.15, -0.1) is 0 Å². The Balaban J connectivity index is 2.73. The maximum Gasteiger partial charge on any atom is 0.230 e. The second-order valence-electron chi connectivity index (χ2n) is 2.09. The summed E-state index contributed by atoms with van der Waals surface area (Å²) >= 11 is 0. The predicted molar refractivity (Wildman–Crippen MR) is 35.7 cm³/mol. The maximum absolute atomic E-state index is 10.8.